The number of carbonyl (C=O) groups is 2. The van der Waals surface area contributed by atoms with Crippen LogP contribution in [0.25, 0.3) is 22.3 Å². The van der Waals surface area contributed by atoms with E-state index >= 15 is 0 Å². The maximum absolute atomic E-state index is 13.7. The molecule has 0 fully saturated rings. The number of rotatable bonds is 8. The molecule has 6 nitrogen and oxygen atoms in total. The van der Waals surface area contributed by atoms with Crippen LogP contribution < -0.4 is 10.1 Å². The van der Waals surface area contributed by atoms with E-state index in [2.05, 4.69) is 10.3 Å². The molecule has 4 aromatic rings. The number of pyridine rings is 1. The summed E-state index contributed by atoms with van der Waals surface area (Å²) < 4.78 is 65.5. The van der Waals surface area contributed by atoms with Crippen LogP contribution in [-0.4, -0.2) is 23.5 Å². The largest absolute Gasteiger partial charge is 0.488 e. The van der Waals surface area contributed by atoms with Crippen molar-refractivity contribution < 1.29 is 36.6 Å². The highest BCUT2D eigenvalue weighted by Gasteiger charge is 2.32. The first-order valence-electron chi connectivity index (χ1n) is 12.2. The minimum atomic E-state index is -4.63. The van der Waals surface area contributed by atoms with Gasteiger partial charge in [-0.05, 0) is 78.2 Å². The molecule has 3 aromatic carbocycles. The van der Waals surface area contributed by atoms with Crippen molar-refractivity contribution in [3.05, 3.63) is 102 Å². The summed E-state index contributed by atoms with van der Waals surface area (Å²) in [6.45, 7) is 3.05. The van der Waals surface area contributed by atoms with Crippen molar-refractivity contribution in [1.29, 1.82) is 0 Å². The van der Waals surface area contributed by atoms with Crippen LogP contribution in [0.3, 0.4) is 0 Å². The Morgan fingerprint density at radius 3 is 2.35 bits per heavy atom. The number of carbonyl (C=O) groups excluding carboxylic acids is 2. The number of anilines is 1. The molecule has 0 aliphatic carbocycles. The summed E-state index contributed by atoms with van der Waals surface area (Å²) in [7, 11) is 0. The summed E-state index contributed by atoms with van der Waals surface area (Å²) in [5, 5.41) is 2.63. The monoisotopic (exact) mass is 552 g/mol. The summed E-state index contributed by atoms with van der Waals surface area (Å²) in [6.07, 6.45) is -1.78. The van der Waals surface area contributed by atoms with Gasteiger partial charge in [-0.1, -0.05) is 12.1 Å². The van der Waals surface area contributed by atoms with E-state index in [0.717, 1.165) is 12.1 Å². The van der Waals surface area contributed by atoms with Crippen LogP contribution in [0.4, 0.5) is 23.2 Å². The highest BCUT2D eigenvalue weighted by Crippen LogP contribution is 2.41. The number of hydrogen-bond donors (Lipinski definition) is 1. The molecular weight excluding hydrogens is 528 g/mol. The lowest BCUT2D eigenvalue weighted by Crippen LogP contribution is -2.09. The molecule has 1 aromatic heterocycles. The fourth-order valence-electron chi connectivity index (χ4n) is 4.04. The smallest absolute Gasteiger partial charge is 0.416 e. The molecule has 0 saturated heterocycles. The minimum Gasteiger partial charge on any atom is -0.488 e. The first-order valence-corrected chi connectivity index (χ1v) is 12.2. The lowest BCUT2D eigenvalue weighted by molar-refractivity contribution is -0.137. The third-order valence-corrected chi connectivity index (χ3v) is 5.80. The zero-order valence-corrected chi connectivity index (χ0v) is 21.5. The minimum absolute atomic E-state index is 0.0285. The number of benzene rings is 3. The normalized spacial score (nSPS) is 11.2. The van der Waals surface area contributed by atoms with E-state index < -0.39 is 23.5 Å². The van der Waals surface area contributed by atoms with E-state index in [1.807, 2.05) is 0 Å². The van der Waals surface area contributed by atoms with E-state index in [-0.39, 0.29) is 41.6 Å². The number of amides is 1. The van der Waals surface area contributed by atoms with Crippen molar-refractivity contribution in [3.63, 3.8) is 0 Å². The van der Waals surface area contributed by atoms with Crippen molar-refractivity contribution in [2.45, 2.75) is 26.6 Å². The van der Waals surface area contributed by atoms with Crippen molar-refractivity contribution in [3.8, 4) is 28.0 Å². The number of alkyl halides is 3. The van der Waals surface area contributed by atoms with E-state index in [0.29, 0.717) is 22.4 Å². The van der Waals surface area contributed by atoms with Gasteiger partial charge in [0.05, 0.1) is 17.7 Å². The number of nitrogens with zero attached hydrogens (tertiary/aromatic N) is 1. The molecule has 1 amide bonds. The van der Waals surface area contributed by atoms with Gasteiger partial charge in [0.1, 0.15) is 18.2 Å². The SMILES string of the molecule is CCOC(=O)c1cc(NC(C)=O)cc(-c2ccncc2-c2cc(C(F)(F)F)ccc2OCc2ccc(F)cc2)c1. The summed E-state index contributed by atoms with van der Waals surface area (Å²) in [4.78, 5) is 28.4. The number of aromatic nitrogens is 1. The van der Waals surface area contributed by atoms with Crippen LogP contribution >= 0.6 is 0 Å². The second-order valence-corrected chi connectivity index (χ2v) is 8.75. The quantitative estimate of drug-likeness (QED) is 0.184. The highest BCUT2D eigenvalue weighted by atomic mass is 19.4. The van der Waals surface area contributed by atoms with E-state index in [4.69, 9.17) is 9.47 Å². The zero-order chi connectivity index (χ0) is 28.9. The van der Waals surface area contributed by atoms with Crippen molar-refractivity contribution >= 4 is 17.6 Å². The summed E-state index contributed by atoms with van der Waals surface area (Å²) in [6, 6.07) is 14.8. The van der Waals surface area contributed by atoms with E-state index in [1.165, 1.54) is 61.8 Å². The topological polar surface area (TPSA) is 77.5 Å². The Kier molecular flexibility index (Phi) is 8.47. The maximum Gasteiger partial charge on any atom is 0.416 e. The highest BCUT2D eigenvalue weighted by molar-refractivity contribution is 5.97. The first kappa shape index (κ1) is 28.3. The van der Waals surface area contributed by atoms with Gasteiger partial charge in [0.2, 0.25) is 5.91 Å². The van der Waals surface area contributed by atoms with Crippen molar-refractivity contribution in [2.24, 2.45) is 0 Å². The third kappa shape index (κ3) is 6.82. The van der Waals surface area contributed by atoms with Gasteiger partial charge in [0, 0.05) is 36.1 Å². The Hall–Kier alpha value is -4.73. The van der Waals surface area contributed by atoms with E-state index in [9.17, 15) is 27.2 Å². The second-order valence-electron chi connectivity index (χ2n) is 8.75. The summed E-state index contributed by atoms with van der Waals surface area (Å²) in [5.74, 6) is -1.30. The Balaban J connectivity index is 1.86. The fourth-order valence-corrected chi connectivity index (χ4v) is 4.04. The molecule has 0 atom stereocenters. The van der Waals surface area contributed by atoms with Crippen LogP contribution in [0.5, 0.6) is 5.75 Å². The molecule has 0 spiro atoms. The van der Waals surface area contributed by atoms with E-state index in [1.54, 1.807) is 19.1 Å². The number of ether oxygens (including phenoxy) is 2. The molecule has 1 N–H and O–H groups in total. The van der Waals surface area contributed by atoms with Gasteiger partial charge >= 0.3 is 12.1 Å². The van der Waals surface area contributed by atoms with Crippen molar-refractivity contribution in [2.75, 3.05) is 11.9 Å². The van der Waals surface area contributed by atoms with Crippen LogP contribution in [0.2, 0.25) is 0 Å². The predicted molar refractivity (Wildman–Crippen MR) is 141 cm³/mol. The molecule has 0 unspecified atom stereocenters. The molecule has 0 saturated carbocycles. The molecule has 10 heteroatoms. The standard InChI is InChI=1S/C30H24F4N2O4/c1-3-39-29(38)21-12-20(13-24(14-21)36-18(2)37)25-10-11-35-16-27(25)26-15-22(30(32,33)34)6-9-28(26)40-17-19-4-7-23(31)8-5-19/h4-16H,3,17H2,1-2H3,(H,36,37). The number of hydrogen-bond acceptors (Lipinski definition) is 5. The van der Waals surface area contributed by atoms with Crippen LogP contribution in [0, 0.1) is 5.82 Å². The average molecular weight is 553 g/mol. The molecule has 0 bridgehead atoms. The number of esters is 1. The lowest BCUT2D eigenvalue weighted by atomic mass is 9.93. The van der Waals surface area contributed by atoms with Crippen LogP contribution in [-0.2, 0) is 22.3 Å². The number of halogens is 4. The second kappa shape index (κ2) is 12.0. The third-order valence-electron chi connectivity index (χ3n) is 5.80. The Morgan fingerprint density at radius 1 is 0.925 bits per heavy atom. The average Bonchev–Trinajstić information content (AvgIpc) is 2.92. The Labute approximate surface area is 227 Å². The predicted octanol–water partition coefficient (Wildman–Crippen LogP) is 7.29. The molecule has 206 valence electrons. The molecule has 0 aliphatic rings. The lowest BCUT2D eigenvalue weighted by Gasteiger charge is -2.18. The Morgan fingerprint density at radius 2 is 1.68 bits per heavy atom. The molecule has 0 radical (unpaired) electrons. The molecule has 4 rings (SSSR count). The van der Waals surface area contributed by atoms with Gasteiger partial charge in [-0.2, -0.15) is 13.2 Å². The van der Waals surface area contributed by atoms with Gasteiger partial charge in [-0.25, -0.2) is 9.18 Å². The van der Waals surface area contributed by atoms with Gasteiger partial charge < -0.3 is 14.8 Å². The van der Waals surface area contributed by atoms with Crippen LogP contribution in [0.15, 0.2) is 79.1 Å². The molecular formula is C30H24F4N2O4. The summed E-state index contributed by atoms with van der Waals surface area (Å²) in [5.41, 5.74) is 1.40. The van der Waals surface area contributed by atoms with Gasteiger partial charge in [0.15, 0.2) is 0 Å². The number of nitrogens with one attached hydrogen (secondary N) is 1. The zero-order valence-electron chi connectivity index (χ0n) is 21.5. The molecule has 0 aliphatic heterocycles. The summed E-state index contributed by atoms with van der Waals surface area (Å²) >= 11 is 0. The van der Waals surface area contributed by atoms with Gasteiger partial charge in [0.25, 0.3) is 0 Å². The van der Waals surface area contributed by atoms with Crippen molar-refractivity contribution in [1.82, 2.24) is 4.98 Å². The van der Waals surface area contributed by atoms with Gasteiger partial charge in [-0.3, -0.25) is 9.78 Å². The first-order chi connectivity index (χ1) is 19.0. The fraction of sp³-hybridized carbons (Fsp3) is 0.167. The maximum atomic E-state index is 13.7. The molecule has 1 heterocycles. The molecule has 40 heavy (non-hydrogen) atoms. The van der Waals surface area contributed by atoms with Crippen LogP contribution in [0.1, 0.15) is 35.3 Å². The van der Waals surface area contributed by atoms with Gasteiger partial charge in [-0.15, -0.1) is 0 Å². The Bertz CT molecular complexity index is 1540.